The third-order valence-electron chi connectivity index (χ3n) is 5.22. The molecule has 0 radical (unpaired) electrons. The molecule has 0 aliphatic rings. The van der Waals surface area contributed by atoms with E-state index in [9.17, 15) is 24.0 Å². The topological polar surface area (TPSA) is 179 Å². The molecular formula is C25H45N3O10. The van der Waals surface area contributed by atoms with Crippen molar-refractivity contribution in [2.24, 2.45) is 5.92 Å². The molecule has 0 spiro atoms. The summed E-state index contributed by atoms with van der Waals surface area (Å²) < 4.78 is 21.1. The van der Waals surface area contributed by atoms with E-state index in [-0.39, 0.29) is 81.9 Å². The maximum Gasteiger partial charge on any atom is 0.303 e. The van der Waals surface area contributed by atoms with Gasteiger partial charge in [-0.1, -0.05) is 13.3 Å². The van der Waals surface area contributed by atoms with E-state index < -0.39 is 5.97 Å². The fourth-order valence-corrected chi connectivity index (χ4v) is 2.89. The van der Waals surface area contributed by atoms with Gasteiger partial charge in [0.1, 0.15) is 19.0 Å². The van der Waals surface area contributed by atoms with Crippen LogP contribution in [0.3, 0.4) is 0 Å². The first-order chi connectivity index (χ1) is 18.2. The van der Waals surface area contributed by atoms with Crippen molar-refractivity contribution in [1.82, 2.24) is 16.0 Å². The number of aliphatic carboxylic acids is 1. The van der Waals surface area contributed by atoms with E-state index in [1.54, 1.807) is 6.92 Å². The molecule has 0 saturated heterocycles. The van der Waals surface area contributed by atoms with Crippen LogP contribution in [0, 0.1) is 5.92 Å². The van der Waals surface area contributed by atoms with Gasteiger partial charge >= 0.3 is 5.97 Å². The number of carbonyl (C=O) groups is 5. The van der Waals surface area contributed by atoms with Gasteiger partial charge in [-0.05, 0) is 26.2 Å². The molecule has 0 fully saturated rings. The average molecular weight is 548 g/mol. The molecule has 0 bridgehead atoms. The Kier molecular flexibility index (Phi) is 23.0. The van der Waals surface area contributed by atoms with Gasteiger partial charge in [0.15, 0.2) is 0 Å². The van der Waals surface area contributed by atoms with Crippen LogP contribution in [-0.4, -0.2) is 107 Å². The molecule has 0 aliphatic heterocycles. The van der Waals surface area contributed by atoms with Crippen molar-refractivity contribution < 1.29 is 48.0 Å². The van der Waals surface area contributed by atoms with Crippen LogP contribution in [-0.2, 0) is 42.9 Å². The highest BCUT2D eigenvalue weighted by atomic mass is 16.5. The Morgan fingerprint density at radius 2 is 1.13 bits per heavy atom. The number of ether oxygens (including phenoxy) is 4. The van der Waals surface area contributed by atoms with E-state index in [1.165, 1.54) is 0 Å². The summed E-state index contributed by atoms with van der Waals surface area (Å²) in [6.45, 7) is 6.14. The first-order valence-corrected chi connectivity index (χ1v) is 13.1. The number of unbranched alkanes of at least 4 members (excludes halogenated alkanes) is 1. The largest absolute Gasteiger partial charge is 0.481 e. The number of carbonyl (C=O) groups excluding carboxylic acids is 4. The highest BCUT2D eigenvalue weighted by Crippen LogP contribution is 2.07. The van der Waals surface area contributed by atoms with Crippen LogP contribution in [0.1, 0.15) is 52.4 Å². The van der Waals surface area contributed by atoms with E-state index in [1.807, 2.05) is 6.92 Å². The van der Waals surface area contributed by atoms with Gasteiger partial charge in [0.05, 0.1) is 39.6 Å². The van der Waals surface area contributed by atoms with E-state index in [2.05, 4.69) is 16.0 Å². The van der Waals surface area contributed by atoms with Crippen molar-refractivity contribution in [2.45, 2.75) is 52.4 Å². The summed E-state index contributed by atoms with van der Waals surface area (Å²) in [6, 6.07) is 0. The highest BCUT2D eigenvalue weighted by Gasteiger charge is 2.07. The summed E-state index contributed by atoms with van der Waals surface area (Å²) in [7, 11) is 0. The first kappa shape index (κ1) is 35.4. The molecule has 0 aromatic rings. The maximum absolute atomic E-state index is 11.7. The van der Waals surface area contributed by atoms with Crippen molar-refractivity contribution in [2.75, 3.05) is 72.5 Å². The summed E-state index contributed by atoms with van der Waals surface area (Å²) >= 11 is 0. The number of nitrogens with one attached hydrogen (secondary N) is 3. The molecule has 0 aromatic carbocycles. The summed E-state index contributed by atoms with van der Waals surface area (Å²) in [4.78, 5) is 56.3. The molecule has 13 nitrogen and oxygen atoms in total. The lowest BCUT2D eigenvalue weighted by Gasteiger charge is -2.09. The number of carboxylic acid groups (broad SMARTS) is 1. The molecule has 0 rings (SSSR count). The van der Waals surface area contributed by atoms with E-state index in [0.29, 0.717) is 39.3 Å². The molecule has 1 atom stereocenters. The van der Waals surface area contributed by atoms with Crippen molar-refractivity contribution in [3.05, 3.63) is 0 Å². The first-order valence-electron chi connectivity index (χ1n) is 13.1. The highest BCUT2D eigenvalue weighted by molar-refractivity contribution is 5.78. The molecule has 0 aromatic heterocycles. The Morgan fingerprint density at radius 3 is 1.66 bits per heavy atom. The monoisotopic (exact) mass is 547 g/mol. The summed E-state index contributed by atoms with van der Waals surface area (Å²) in [5, 5.41) is 16.6. The number of hydrogen-bond acceptors (Lipinski definition) is 9. The number of rotatable bonds is 26. The Hall–Kier alpha value is -2.61. The minimum Gasteiger partial charge on any atom is -0.481 e. The molecule has 0 saturated carbocycles. The molecule has 38 heavy (non-hydrogen) atoms. The van der Waals surface area contributed by atoms with Gasteiger partial charge < -0.3 is 40.0 Å². The van der Waals surface area contributed by atoms with Gasteiger partial charge in [0, 0.05) is 38.4 Å². The van der Waals surface area contributed by atoms with Crippen LogP contribution >= 0.6 is 0 Å². The lowest BCUT2D eigenvalue weighted by atomic mass is 10.0. The van der Waals surface area contributed by atoms with Crippen molar-refractivity contribution in [3.8, 4) is 0 Å². The number of carboxylic acids is 1. The molecule has 3 amide bonds. The molecular weight excluding hydrogens is 502 g/mol. The molecule has 4 N–H and O–H groups in total. The molecule has 13 heteroatoms. The molecule has 220 valence electrons. The van der Waals surface area contributed by atoms with Gasteiger partial charge in [-0.15, -0.1) is 0 Å². The Balaban J connectivity index is 3.38. The van der Waals surface area contributed by atoms with Crippen molar-refractivity contribution >= 4 is 29.5 Å². The third-order valence-corrected chi connectivity index (χ3v) is 5.22. The maximum atomic E-state index is 11.7. The Bertz CT molecular complexity index is 690. The zero-order valence-electron chi connectivity index (χ0n) is 22.7. The van der Waals surface area contributed by atoms with Gasteiger partial charge in [0.25, 0.3) is 0 Å². The second-order valence-electron chi connectivity index (χ2n) is 8.63. The predicted molar refractivity (Wildman–Crippen MR) is 137 cm³/mol. The lowest BCUT2D eigenvalue weighted by Crippen LogP contribution is -2.31. The van der Waals surface area contributed by atoms with E-state index >= 15 is 0 Å². The smallest absolute Gasteiger partial charge is 0.303 e. The third kappa shape index (κ3) is 25.1. The second kappa shape index (κ2) is 24.7. The van der Waals surface area contributed by atoms with Crippen LogP contribution in [0.5, 0.6) is 0 Å². The molecule has 0 aliphatic carbocycles. The standard InChI is InChI=1S/C25H45N3O10/c1-20(21(2)29)6-3-4-9-26-23(31)18-37-16-15-36-13-11-28-24(32)19-38-17-14-35-12-10-27-22(30)7-5-8-25(33)34/h20H,3-19H2,1-2H3,(H,26,31)(H,27,30)(H,28,32)(H,33,34)/t20-/m0/s1. The SMILES string of the molecule is CC(=O)[C@@H](C)CCCCNC(=O)COCCOCCNC(=O)COCCOCCNC(=O)CCCC(=O)O. The van der Waals surface area contributed by atoms with Crippen LogP contribution in [0.15, 0.2) is 0 Å². The Morgan fingerprint density at radius 1 is 0.632 bits per heavy atom. The van der Waals surface area contributed by atoms with E-state index in [4.69, 9.17) is 24.1 Å². The van der Waals surface area contributed by atoms with Crippen molar-refractivity contribution in [1.29, 1.82) is 0 Å². The predicted octanol–water partition coefficient (Wildman–Crippen LogP) is 0.0517. The zero-order chi connectivity index (χ0) is 28.4. The fraction of sp³-hybridized carbons (Fsp3) is 0.800. The summed E-state index contributed by atoms with van der Waals surface area (Å²) in [5.41, 5.74) is 0. The molecule has 0 unspecified atom stereocenters. The minimum absolute atomic E-state index is 0.0369. The van der Waals surface area contributed by atoms with Crippen LogP contribution in [0.2, 0.25) is 0 Å². The van der Waals surface area contributed by atoms with Gasteiger partial charge in [-0.25, -0.2) is 0 Å². The van der Waals surface area contributed by atoms with Crippen molar-refractivity contribution in [3.63, 3.8) is 0 Å². The number of amides is 3. The normalized spacial score (nSPS) is 11.5. The van der Waals surface area contributed by atoms with Gasteiger partial charge in [-0.3, -0.25) is 24.0 Å². The number of ketones is 1. The van der Waals surface area contributed by atoms with Crippen LogP contribution in [0.4, 0.5) is 0 Å². The summed E-state index contributed by atoms with van der Waals surface area (Å²) in [5.74, 6) is -1.38. The van der Waals surface area contributed by atoms with Crippen LogP contribution < -0.4 is 16.0 Å². The van der Waals surface area contributed by atoms with Gasteiger partial charge in [0.2, 0.25) is 17.7 Å². The van der Waals surface area contributed by atoms with Gasteiger partial charge in [-0.2, -0.15) is 0 Å². The fourth-order valence-electron chi connectivity index (χ4n) is 2.89. The minimum atomic E-state index is -0.926. The second-order valence-corrected chi connectivity index (χ2v) is 8.63. The number of hydrogen-bond donors (Lipinski definition) is 4. The average Bonchev–Trinajstić information content (AvgIpc) is 2.86. The van der Waals surface area contributed by atoms with E-state index in [0.717, 1.165) is 19.3 Å². The van der Waals surface area contributed by atoms with Crippen LogP contribution in [0.25, 0.3) is 0 Å². The number of Topliss-reactive ketones (excluding diaryl/α,β-unsaturated/α-hetero) is 1. The lowest BCUT2D eigenvalue weighted by molar-refractivity contribution is -0.137. The molecule has 0 heterocycles. The summed E-state index contributed by atoms with van der Waals surface area (Å²) in [6.07, 6.45) is 2.95. The quantitative estimate of drug-likeness (QED) is 0.108. The Labute approximate surface area is 224 Å². The zero-order valence-corrected chi connectivity index (χ0v) is 22.7.